The van der Waals surface area contributed by atoms with Crippen LogP contribution in [0.3, 0.4) is 0 Å². The number of hydrogen-bond acceptors (Lipinski definition) is 4. The van der Waals surface area contributed by atoms with Crippen LogP contribution >= 0.6 is 36.7 Å². The standard InChI is InChI=1S/C46H65N7S3/c1-5-9-22-34(6-2)31-50(33-51-40-28-19-16-25-37(40)47-44(51)54)32-35(7-3)23-14-12-10-11-13-15-24-36(8-4)43(52-41-29-20-17-26-38(41)48-45(52)55)53-42-30-21-18-27-39(42)49-46(53)56/h16-21,25-30,34-36,43H,5-15,22-24,31-33H2,1-4H3,(H,47,54)(H,48,55)(H,49,56). The maximum absolute atomic E-state index is 6.01. The van der Waals surface area contributed by atoms with Gasteiger partial charge in [-0.3, -0.25) is 14.0 Å². The van der Waals surface area contributed by atoms with Gasteiger partial charge in [-0.25, -0.2) is 0 Å². The topological polar surface area (TPSA) is 65.4 Å². The highest BCUT2D eigenvalue weighted by Crippen LogP contribution is 2.35. The number of nitrogens with one attached hydrogen (secondary N) is 3. The second-order valence-electron chi connectivity index (χ2n) is 16.2. The van der Waals surface area contributed by atoms with E-state index in [0.29, 0.717) is 11.8 Å². The van der Waals surface area contributed by atoms with Crippen LogP contribution < -0.4 is 0 Å². The van der Waals surface area contributed by atoms with Crippen molar-refractivity contribution in [2.75, 3.05) is 13.1 Å². The molecule has 0 aliphatic heterocycles. The molecule has 3 atom stereocenters. The van der Waals surface area contributed by atoms with Gasteiger partial charge in [-0.05, 0) is 116 Å². The summed E-state index contributed by atoms with van der Waals surface area (Å²) in [4.78, 5) is 13.1. The van der Waals surface area contributed by atoms with Gasteiger partial charge in [-0.2, -0.15) is 0 Å². The smallest absolute Gasteiger partial charge is 0.179 e. The van der Waals surface area contributed by atoms with Crippen LogP contribution in [-0.2, 0) is 6.67 Å². The number of fused-ring (bicyclic) bond motifs is 3. The van der Waals surface area contributed by atoms with Crippen molar-refractivity contribution < 1.29 is 0 Å². The van der Waals surface area contributed by atoms with Crippen LogP contribution in [0.4, 0.5) is 0 Å². The molecule has 6 aromatic rings. The number of para-hydroxylation sites is 6. The number of rotatable bonds is 24. The lowest BCUT2D eigenvalue weighted by Crippen LogP contribution is -2.35. The number of imidazole rings is 3. The van der Waals surface area contributed by atoms with E-state index in [1.807, 2.05) is 0 Å². The fourth-order valence-electron chi connectivity index (χ4n) is 9.03. The fourth-order valence-corrected chi connectivity index (χ4v) is 9.93. The Bertz CT molecular complexity index is 2200. The quantitative estimate of drug-likeness (QED) is 0.0421. The van der Waals surface area contributed by atoms with E-state index in [1.54, 1.807) is 0 Å². The molecule has 3 heterocycles. The van der Waals surface area contributed by atoms with E-state index < -0.39 is 0 Å². The second kappa shape index (κ2) is 20.9. The first kappa shape index (κ1) is 42.3. The number of unbranched alkanes of at least 4 members (excludes halogenated alkanes) is 6. The first-order valence-corrected chi connectivity index (χ1v) is 22.9. The van der Waals surface area contributed by atoms with Crippen LogP contribution in [0, 0.1) is 32.1 Å². The van der Waals surface area contributed by atoms with Gasteiger partial charge >= 0.3 is 0 Å². The molecule has 6 rings (SSSR count). The highest BCUT2D eigenvalue weighted by molar-refractivity contribution is 7.71. The number of aromatic amines is 3. The Labute approximate surface area is 349 Å². The summed E-state index contributed by atoms with van der Waals surface area (Å²) in [6, 6.07) is 25.5. The zero-order valence-corrected chi connectivity index (χ0v) is 36.7. The van der Waals surface area contributed by atoms with E-state index in [0.717, 1.165) is 80.4 Å². The fraction of sp³-hybridized carbons (Fsp3) is 0.543. The van der Waals surface area contributed by atoms with E-state index in [4.69, 9.17) is 36.7 Å². The van der Waals surface area contributed by atoms with Gasteiger partial charge in [0, 0.05) is 13.1 Å². The molecule has 3 unspecified atom stereocenters. The van der Waals surface area contributed by atoms with Gasteiger partial charge in [-0.1, -0.05) is 128 Å². The van der Waals surface area contributed by atoms with Crippen LogP contribution in [0.15, 0.2) is 72.8 Å². The first-order valence-electron chi connectivity index (χ1n) is 21.6. The average Bonchev–Trinajstić information content (AvgIpc) is 3.84. The first-order chi connectivity index (χ1) is 27.4. The summed E-state index contributed by atoms with van der Waals surface area (Å²) in [7, 11) is 0. The van der Waals surface area contributed by atoms with Crippen molar-refractivity contribution in [2.45, 2.75) is 130 Å². The van der Waals surface area contributed by atoms with Gasteiger partial charge in [0.05, 0.1) is 39.8 Å². The van der Waals surface area contributed by atoms with Crippen LogP contribution in [-0.4, -0.2) is 46.6 Å². The molecule has 0 amide bonds. The molecular weight excluding hydrogens is 747 g/mol. The molecule has 56 heavy (non-hydrogen) atoms. The molecule has 0 saturated carbocycles. The molecule has 3 aromatic carbocycles. The Kier molecular flexibility index (Phi) is 15.8. The van der Waals surface area contributed by atoms with E-state index in [1.165, 1.54) is 82.6 Å². The third-order valence-electron chi connectivity index (χ3n) is 12.3. The minimum Gasteiger partial charge on any atom is -0.331 e. The molecule has 0 spiro atoms. The summed E-state index contributed by atoms with van der Waals surface area (Å²) in [5, 5.41) is 0. The normalized spacial score (nSPS) is 13.8. The molecule has 0 radical (unpaired) electrons. The summed E-state index contributed by atoms with van der Waals surface area (Å²) in [5.41, 5.74) is 6.73. The highest BCUT2D eigenvalue weighted by Gasteiger charge is 2.28. The number of aromatic nitrogens is 6. The predicted octanol–water partition coefficient (Wildman–Crippen LogP) is 14.1. The van der Waals surface area contributed by atoms with Crippen LogP contribution in [0.1, 0.15) is 124 Å². The zero-order valence-electron chi connectivity index (χ0n) is 34.3. The van der Waals surface area contributed by atoms with E-state index in [9.17, 15) is 0 Å². The van der Waals surface area contributed by atoms with Gasteiger partial charge in [0.25, 0.3) is 0 Å². The van der Waals surface area contributed by atoms with Crippen molar-refractivity contribution in [2.24, 2.45) is 17.8 Å². The number of benzene rings is 3. The summed E-state index contributed by atoms with van der Waals surface area (Å²) in [6.45, 7) is 12.5. The van der Waals surface area contributed by atoms with E-state index in [2.05, 4.69) is 134 Å². The van der Waals surface area contributed by atoms with Crippen molar-refractivity contribution in [3.63, 3.8) is 0 Å². The van der Waals surface area contributed by atoms with E-state index in [-0.39, 0.29) is 6.17 Å². The lowest BCUT2D eigenvalue weighted by atomic mass is 9.93. The zero-order chi connectivity index (χ0) is 39.4. The molecule has 0 aliphatic rings. The third-order valence-corrected chi connectivity index (χ3v) is 13.3. The van der Waals surface area contributed by atoms with Crippen molar-refractivity contribution >= 4 is 69.8 Å². The summed E-state index contributed by atoms with van der Waals surface area (Å²) >= 11 is 17.9. The minimum absolute atomic E-state index is 0.0101. The molecule has 10 heteroatoms. The summed E-state index contributed by atoms with van der Waals surface area (Å²) in [6.07, 6.45) is 17.5. The monoisotopic (exact) mass is 811 g/mol. The van der Waals surface area contributed by atoms with Crippen molar-refractivity contribution in [1.82, 2.24) is 33.6 Å². The number of hydrogen-bond donors (Lipinski definition) is 3. The molecule has 0 bridgehead atoms. The molecule has 0 aliphatic carbocycles. The van der Waals surface area contributed by atoms with Crippen molar-refractivity contribution in [3.05, 3.63) is 87.1 Å². The van der Waals surface area contributed by atoms with E-state index >= 15 is 0 Å². The Morgan fingerprint density at radius 1 is 0.518 bits per heavy atom. The van der Waals surface area contributed by atoms with Gasteiger partial charge in [0.1, 0.15) is 6.17 Å². The molecule has 0 saturated heterocycles. The SMILES string of the molecule is CCCCC(CC)CN(CC(CC)CCCCCCCCC(CC)C(n1c(=S)[nH]c2ccccc21)n1c(=S)[nH]c2ccccc21)Cn1c(=S)[nH]c2ccccc21. The maximum atomic E-state index is 6.01. The largest absolute Gasteiger partial charge is 0.331 e. The Morgan fingerprint density at radius 2 is 0.964 bits per heavy atom. The molecular formula is C46H65N7S3. The summed E-state index contributed by atoms with van der Waals surface area (Å²) < 4.78 is 9.29. The van der Waals surface area contributed by atoms with Gasteiger partial charge in [0.2, 0.25) is 0 Å². The molecule has 7 nitrogen and oxygen atoms in total. The maximum Gasteiger partial charge on any atom is 0.179 e. The van der Waals surface area contributed by atoms with Crippen LogP contribution in [0.25, 0.3) is 33.1 Å². The average molecular weight is 812 g/mol. The van der Waals surface area contributed by atoms with Crippen molar-refractivity contribution in [3.8, 4) is 0 Å². The number of nitrogens with zero attached hydrogens (tertiary/aromatic N) is 4. The Hall–Kier alpha value is -3.31. The van der Waals surface area contributed by atoms with Gasteiger partial charge in [-0.15, -0.1) is 0 Å². The Morgan fingerprint density at radius 3 is 1.48 bits per heavy atom. The number of H-pyrrole nitrogens is 3. The van der Waals surface area contributed by atoms with Crippen LogP contribution in [0.2, 0.25) is 0 Å². The lowest BCUT2D eigenvalue weighted by Gasteiger charge is -2.31. The van der Waals surface area contributed by atoms with Crippen LogP contribution in [0.5, 0.6) is 0 Å². The third kappa shape index (κ3) is 10.2. The Balaban J connectivity index is 1.04. The molecule has 302 valence electrons. The molecule has 3 N–H and O–H groups in total. The predicted molar refractivity (Wildman–Crippen MR) is 245 cm³/mol. The molecule has 0 fully saturated rings. The minimum atomic E-state index is -0.0101. The van der Waals surface area contributed by atoms with Gasteiger partial charge < -0.3 is 19.5 Å². The summed E-state index contributed by atoms with van der Waals surface area (Å²) in [5.74, 6) is 1.81. The highest BCUT2D eigenvalue weighted by atomic mass is 32.1. The lowest BCUT2D eigenvalue weighted by molar-refractivity contribution is 0.146. The molecule has 3 aromatic heterocycles. The second-order valence-corrected chi connectivity index (χ2v) is 17.3. The van der Waals surface area contributed by atoms with Crippen molar-refractivity contribution in [1.29, 1.82) is 0 Å². The van der Waals surface area contributed by atoms with Gasteiger partial charge in [0.15, 0.2) is 14.3 Å².